The Morgan fingerprint density at radius 1 is 0.946 bits per heavy atom. The summed E-state index contributed by atoms with van der Waals surface area (Å²) in [5.41, 5.74) is 1.27. The molecule has 0 saturated heterocycles. The van der Waals surface area contributed by atoms with Gasteiger partial charge in [-0.25, -0.2) is 4.79 Å². The quantitative estimate of drug-likeness (QED) is 0.314. The summed E-state index contributed by atoms with van der Waals surface area (Å²) < 4.78 is 39.7. The molecule has 1 aliphatic rings. The topological polar surface area (TPSA) is 95.5 Å². The van der Waals surface area contributed by atoms with Crippen LogP contribution in [-0.2, 0) is 11.2 Å². The molecule has 0 saturated carbocycles. The Morgan fingerprint density at radius 3 is 2.27 bits per heavy atom. The van der Waals surface area contributed by atoms with Crippen LogP contribution in [0.2, 0.25) is 5.02 Å². The van der Waals surface area contributed by atoms with E-state index in [9.17, 15) is 32.7 Å². The van der Waals surface area contributed by atoms with Gasteiger partial charge in [0.05, 0.1) is 18.3 Å². The normalized spacial score (nSPS) is 17.1. The van der Waals surface area contributed by atoms with Crippen LogP contribution in [0, 0.1) is 5.41 Å². The minimum atomic E-state index is -4.66. The maximum absolute atomic E-state index is 13.2. The van der Waals surface area contributed by atoms with Crippen molar-refractivity contribution in [3.05, 3.63) is 82.9 Å². The summed E-state index contributed by atoms with van der Waals surface area (Å²) in [7, 11) is 0. The fourth-order valence-corrected chi connectivity index (χ4v) is 4.84. The van der Waals surface area contributed by atoms with E-state index in [1.54, 1.807) is 60.7 Å². The number of halogens is 4. The van der Waals surface area contributed by atoms with Crippen LogP contribution in [0.4, 0.5) is 29.3 Å². The molecule has 3 N–H and O–H groups in total. The molecule has 0 unspecified atom stereocenters. The Morgan fingerprint density at radius 2 is 1.62 bits per heavy atom. The van der Waals surface area contributed by atoms with E-state index in [1.165, 1.54) is 6.07 Å². The van der Waals surface area contributed by atoms with Crippen molar-refractivity contribution < 1.29 is 32.7 Å². The number of carboxylic acids is 1. The molecule has 0 aromatic heterocycles. The molecule has 3 aromatic rings. The molecule has 6 nitrogen and oxygen atoms in total. The number of amides is 2. The molecule has 1 atom stereocenters. The molecule has 0 heterocycles. The number of fused-ring (bicyclic) bond motifs is 1. The van der Waals surface area contributed by atoms with E-state index in [0.29, 0.717) is 22.0 Å². The summed E-state index contributed by atoms with van der Waals surface area (Å²) in [6, 6.07) is 18.0. The van der Waals surface area contributed by atoms with E-state index < -0.39 is 42.2 Å². The molecule has 1 aliphatic carbocycles. The van der Waals surface area contributed by atoms with Crippen LogP contribution in [0.5, 0.6) is 0 Å². The number of rotatable bonds is 6. The number of nitrogens with one attached hydrogen (secondary N) is 2. The Kier molecular flexibility index (Phi) is 7.27. The average molecular weight is 531 g/mol. The van der Waals surface area contributed by atoms with Crippen LogP contribution < -0.4 is 10.6 Å². The summed E-state index contributed by atoms with van der Waals surface area (Å²) >= 11 is 5.92. The molecular formula is C27H22ClF3N2O4. The number of Topliss-reactive ketones (excluding diaryl/α,β-unsaturated/α-hetero) is 1. The number of ketones is 1. The fraction of sp³-hybridized carbons (Fsp3) is 0.222. The summed E-state index contributed by atoms with van der Waals surface area (Å²) in [5, 5.41) is 15.1. The summed E-state index contributed by atoms with van der Waals surface area (Å²) in [4.78, 5) is 36.6. The Labute approximate surface area is 215 Å². The third kappa shape index (κ3) is 6.29. The van der Waals surface area contributed by atoms with Gasteiger partial charge in [-0.2, -0.15) is 13.2 Å². The van der Waals surface area contributed by atoms with Gasteiger partial charge >= 0.3 is 18.2 Å². The first-order valence-electron chi connectivity index (χ1n) is 11.3. The van der Waals surface area contributed by atoms with Gasteiger partial charge in [-0.3, -0.25) is 9.59 Å². The lowest BCUT2D eigenvalue weighted by Gasteiger charge is -2.36. The first-order chi connectivity index (χ1) is 17.4. The number of carbonyl (C=O) groups is 3. The average Bonchev–Trinajstić information content (AvgIpc) is 2.80. The number of aliphatic carboxylic acids is 1. The summed E-state index contributed by atoms with van der Waals surface area (Å²) in [5.74, 6) is -2.22. The molecule has 0 aliphatic heterocycles. The van der Waals surface area contributed by atoms with Crippen molar-refractivity contribution >= 4 is 40.8 Å². The highest BCUT2D eigenvalue weighted by Crippen LogP contribution is 2.46. The third-order valence-corrected chi connectivity index (χ3v) is 6.53. The number of carboxylic acid groups (broad SMARTS) is 1. The lowest BCUT2D eigenvalue weighted by atomic mass is 9.66. The van der Waals surface area contributed by atoms with Crippen LogP contribution in [0.15, 0.2) is 66.7 Å². The molecule has 0 fully saturated rings. The van der Waals surface area contributed by atoms with Crippen LogP contribution in [0.3, 0.4) is 0 Å². The van der Waals surface area contributed by atoms with Gasteiger partial charge in [0.15, 0.2) is 5.78 Å². The number of alkyl halides is 3. The molecule has 4 rings (SSSR count). The smallest absolute Gasteiger partial charge is 0.390 e. The van der Waals surface area contributed by atoms with E-state index in [0.717, 1.165) is 11.1 Å². The second-order valence-corrected chi connectivity index (χ2v) is 9.45. The van der Waals surface area contributed by atoms with Gasteiger partial charge in [-0.15, -0.1) is 0 Å². The van der Waals surface area contributed by atoms with E-state index >= 15 is 0 Å². The van der Waals surface area contributed by atoms with Gasteiger partial charge in [0, 0.05) is 22.0 Å². The molecule has 37 heavy (non-hydrogen) atoms. The number of benzene rings is 3. The molecule has 2 amide bonds. The molecule has 0 radical (unpaired) electrons. The van der Waals surface area contributed by atoms with E-state index in [-0.39, 0.29) is 18.4 Å². The van der Waals surface area contributed by atoms with Gasteiger partial charge in [0.25, 0.3) is 0 Å². The molecule has 10 heteroatoms. The standard InChI is InChI=1S/C27H22ClF3N2O4/c28-19-2-1-3-21(13-19)33-25(37)32-20-7-4-16(5-8-20)17-6-9-22-18(12-17)10-11-26(24(22)36,14-23(34)35)15-27(29,30)31/h1-9,12-13H,10-11,14-15H2,(H,34,35)(H2,32,33,37)/t26-/m1/s1. The van der Waals surface area contributed by atoms with Gasteiger partial charge in [-0.05, 0) is 59.9 Å². The Hall–Kier alpha value is -3.85. The summed E-state index contributed by atoms with van der Waals surface area (Å²) in [6.07, 6.45) is -7.04. The first-order valence-corrected chi connectivity index (χ1v) is 11.7. The molecular weight excluding hydrogens is 509 g/mol. The number of hydrogen-bond donors (Lipinski definition) is 3. The number of urea groups is 1. The summed E-state index contributed by atoms with van der Waals surface area (Å²) in [6.45, 7) is 0. The zero-order chi connectivity index (χ0) is 26.8. The highest BCUT2D eigenvalue weighted by Gasteiger charge is 2.50. The van der Waals surface area contributed by atoms with E-state index in [4.69, 9.17) is 11.6 Å². The molecule has 0 bridgehead atoms. The number of aryl methyl sites for hydroxylation is 1. The number of anilines is 2. The molecule has 192 valence electrons. The maximum atomic E-state index is 13.2. The monoisotopic (exact) mass is 530 g/mol. The number of hydrogen-bond acceptors (Lipinski definition) is 3. The molecule has 0 spiro atoms. The van der Waals surface area contributed by atoms with Crippen molar-refractivity contribution in [2.45, 2.75) is 31.9 Å². The molecule has 3 aromatic carbocycles. The van der Waals surface area contributed by atoms with Crippen molar-refractivity contribution in [1.82, 2.24) is 0 Å². The first kappa shape index (κ1) is 26.2. The second kappa shape index (κ2) is 10.3. The van der Waals surface area contributed by atoms with Crippen LogP contribution in [0.1, 0.15) is 35.2 Å². The zero-order valence-electron chi connectivity index (χ0n) is 19.4. The predicted octanol–water partition coefficient (Wildman–Crippen LogP) is 7.19. The van der Waals surface area contributed by atoms with Crippen LogP contribution >= 0.6 is 11.6 Å². The minimum Gasteiger partial charge on any atom is -0.481 e. The maximum Gasteiger partial charge on any atom is 0.390 e. The van der Waals surface area contributed by atoms with Crippen molar-refractivity contribution in [3.63, 3.8) is 0 Å². The highest BCUT2D eigenvalue weighted by atomic mass is 35.5. The fourth-order valence-electron chi connectivity index (χ4n) is 4.65. The van der Waals surface area contributed by atoms with Crippen molar-refractivity contribution in [2.75, 3.05) is 10.6 Å². The van der Waals surface area contributed by atoms with Gasteiger partial charge < -0.3 is 15.7 Å². The van der Waals surface area contributed by atoms with Crippen LogP contribution in [-0.4, -0.2) is 29.1 Å². The highest BCUT2D eigenvalue weighted by molar-refractivity contribution is 6.30. The van der Waals surface area contributed by atoms with Crippen molar-refractivity contribution in [2.24, 2.45) is 5.41 Å². The van der Waals surface area contributed by atoms with E-state index in [1.807, 2.05) is 0 Å². The minimum absolute atomic E-state index is 0.122. The van der Waals surface area contributed by atoms with E-state index in [2.05, 4.69) is 10.6 Å². The second-order valence-electron chi connectivity index (χ2n) is 9.01. The zero-order valence-corrected chi connectivity index (χ0v) is 20.1. The van der Waals surface area contributed by atoms with Crippen molar-refractivity contribution in [3.8, 4) is 11.1 Å². The van der Waals surface area contributed by atoms with Gasteiger partial charge in [0.1, 0.15) is 0 Å². The lowest BCUT2D eigenvalue weighted by molar-refractivity contribution is -0.160. The largest absolute Gasteiger partial charge is 0.481 e. The van der Waals surface area contributed by atoms with Crippen LogP contribution in [0.25, 0.3) is 11.1 Å². The van der Waals surface area contributed by atoms with Gasteiger partial charge in [0.2, 0.25) is 0 Å². The number of carbonyl (C=O) groups excluding carboxylic acids is 2. The SMILES string of the molecule is O=C(O)C[C@@]1(CC(F)(F)F)CCc2cc(-c3ccc(NC(=O)Nc4cccc(Cl)c4)cc3)ccc2C1=O. The Bertz CT molecular complexity index is 1360. The lowest BCUT2D eigenvalue weighted by Crippen LogP contribution is -2.41. The van der Waals surface area contributed by atoms with Gasteiger partial charge in [-0.1, -0.05) is 48.0 Å². The predicted molar refractivity (Wildman–Crippen MR) is 134 cm³/mol. The van der Waals surface area contributed by atoms with Crippen molar-refractivity contribution in [1.29, 1.82) is 0 Å². The third-order valence-electron chi connectivity index (χ3n) is 6.29. The Balaban J connectivity index is 1.49.